The van der Waals surface area contributed by atoms with Gasteiger partial charge in [-0.2, -0.15) is 0 Å². The molecule has 124 valence electrons. The number of carboxylic acid groups (broad SMARTS) is 1. The first-order valence-corrected chi connectivity index (χ1v) is 8.28. The van der Waals surface area contributed by atoms with Crippen LogP contribution in [0.5, 0.6) is 0 Å². The number of hydrogen-bond acceptors (Lipinski definition) is 2. The summed E-state index contributed by atoms with van der Waals surface area (Å²) in [6.45, 7) is 1.42. The lowest BCUT2D eigenvalue weighted by atomic mass is 9.98. The lowest BCUT2D eigenvalue weighted by molar-refractivity contribution is 0.0696. The zero-order valence-corrected chi connectivity index (χ0v) is 13.9. The van der Waals surface area contributed by atoms with Crippen molar-refractivity contribution in [2.75, 3.05) is 13.1 Å². The Kier molecular flexibility index (Phi) is 4.86. The third-order valence-electron chi connectivity index (χ3n) is 4.40. The van der Waals surface area contributed by atoms with E-state index in [9.17, 15) is 9.59 Å². The topological polar surface area (TPSA) is 57.6 Å². The molecule has 0 bridgehead atoms. The standard InChI is InChI=1S/C19H18ClNO3/c20-17-4-2-1-3-16(17)18(22)21-10-9-14(12-21)11-13-5-7-15(8-6-13)19(23)24/h1-8,14H,9-12H2,(H,23,24). The van der Waals surface area contributed by atoms with Crippen molar-refractivity contribution in [1.82, 2.24) is 4.90 Å². The second-order valence-corrected chi connectivity index (χ2v) is 6.50. The number of hydrogen-bond donors (Lipinski definition) is 1. The van der Waals surface area contributed by atoms with Crippen LogP contribution in [0.2, 0.25) is 5.02 Å². The molecular weight excluding hydrogens is 326 g/mol. The minimum Gasteiger partial charge on any atom is -0.478 e. The van der Waals surface area contributed by atoms with Crippen molar-refractivity contribution in [2.24, 2.45) is 5.92 Å². The lowest BCUT2D eigenvalue weighted by Crippen LogP contribution is -2.29. The summed E-state index contributed by atoms with van der Waals surface area (Å²) in [6, 6.07) is 14.1. The van der Waals surface area contributed by atoms with Gasteiger partial charge in [0.2, 0.25) is 0 Å². The molecule has 1 atom stereocenters. The summed E-state index contributed by atoms with van der Waals surface area (Å²) < 4.78 is 0. The van der Waals surface area contributed by atoms with Crippen LogP contribution in [0.15, 0.2) is 48.5 Å². The van der Waals surface area contributed by atoms with Gasteiger partial charge in [0, 0.05) is 13.1 Å². The van der Waals surface area contributed by atoms with Crippen LogP contribution in [-0.4, -0.2) is 35.0 Å². The Morgan fingerprint density at radius 1 is 1.12 bits per heavy atom. The van der Waals surface area contributed by atoms with Crippen molar-refractivity contribution >= 4 is 23.5 Å². The van der Waals surface area contributed by atoms with E-state index in [1.807, 2.05) is 29.2 Å². The van der Waals surface area contributed by atoms with Gasteiger partial charge in [-0.3, -0.25) is 4.79 Å². The van der Waals surface area contributed by atoms with E-state index < -0.39 is 5.97 Å². The van der Waals surface area contributed by atoms with Crippen LogP contribution in [0.25, 0.3) is 0 Å². The minimum atomic E-state index is -0.918. The van der Waals surface area contributed by atoms with Crippen molar-refractivity contribution in [3.05, 3.63) is 70.2 Å². The Morgan fingerprint density at radius 3 is 2.50 bits per heavy atom. The van der Waals surface area contributed by atoms with Crippen LogP contribution in [-0.2, 0) is 6.42 Å². The van der Waals surface area contributed by atoms with Crippen molar-refractivity contribution < 1.29 is 14.7 Å². The number of aromatic carboxylic acids is 1. The number of halogens is 1. The average molecular weight is 344 g/mol. The summed E-state index contributed by atoms with van der Waals surface area (Å²) in [5.74, 6) is -0.560. The molecule has 1 unspecified atom stereocenters. The highest BCUT2D eigenvalue weighted by Gasteiger charge is 2.27. The van der Waals surface area contributed by atoms with Gasteiger partial charge in [0.1, 0.15) is 0 Å². The predicted molar refractivity (Wildman–Crippen MR) is 92.6 cm³/mol. The Bertz CT molecular complexity index is 757. The second-order valence-electron chi connectivity index (χ2n) is 6.09. The Labute approximate surface area is 145 Å². The van der Waals surface area contributed by atoms with Crippen molar-refractivity contribution in [2.45, 2.75) is 12.8 Å². The van der Waals surface area contributed by atoms with Gasteiger partial charge in [0.25, 0.3) is 5.91 Å². The molecule has 1 N–H and O–H groups in total. The number of likely N-dealkylation sites (tertiary alicyclic amines) is 1. The highest BCUT2D eigenvalue weighted by atomic mass is 35.5. The molecule has 1 aliphatic heterocycles. The first-order valence-electron chi connectivity index (χ1n) is 7.90. The molecule has 1 amide bonds. The Morgan fingerprint density at radius 2 is 1.83 bits per heavy atom. The van der Waals surface area contributed by atoms with E-state index in [1.165, 1.54) is 0 Å². The number of rotatable bonds is 4. The van der Waals surface area contributed by atoms with E-state index in [4.69, 9.17) is 16.7 Å². The molecule has 0 aliphatic carbocycles. The van der Waals surface area contributed by atoms with E-state index in [0.717, 1.165) is 24.9 Å². The van der Waals surface area contributed by atoms with Gasteiger partial charge in [-0.25, -0.2) is 4.79 Å². The monoisotopic (exact) mass is 343 g/mol. The molecule has 24 heavy (non-hydrogen) atoms. The fourth-order valence-corrected chi connectivity index (χ4v) is 3.32. The molecule has 1 fully saturated rings. The number of amides is 1. The third-order valence-corrected chi connectivity index (χ3v) is 4.73. The fraction of sp³-hybridized carbons (Fsp3) is 0.263. The van der Waals surface area contributed by atoms with Crippen molar-refractivity contribution in [3.63, 3.8) is 0 Å². The van der Waals surface area contributed by atoms with E-state index in [1.54, 1.807) is 24.3 Å². The number of carboxylic acids is 1. The molecule has 0 aromatic heterocycles. The Balaban J connectivity index is 1.62. The van der Waals surface area contributed by atoms with Gasteiger partial charge in [-0.15, -0.1) is 0 Å². The maximum atomic E-state index is 12.6. The summed E-state index contributed by atoms with van der Waals surface area (Å²) in [6.07, 6.45) is 1.78. The van der Waals surface area contributed by atoms with Crippen molar-refractivity contribution in [1.29, 1.82) is 0 Å². The highest BCUT2D eigenvalue weighted by molar-refractivity contribution is 6.33. The molecule has 0 radical (unpaired) electrons. The van der Waals surface area contributed by atoms with Crippen LogP contribution >= 0.6 is 11.6 Å². The molecule has 5 heteroatoms. The maximum Gasteiger partial charge on any atom is 0.335 e. The third kappa shape index (κ3) is 3.60. The average Bonchev–Trinajstić information content (AvgIpc) is 3.04. The molecule has 1 heterocycles. The van der Waals surface area contributed by atoms with Crippen LogP contribution in [0.4, 0.5) is 0 Å². The van der Waals surface area contributed by atoms with Gasteiger partial charge in [0.05, 0.1) is 16.1 Å². The number of carbonyl (C=O) groups excluding carboxylic acids is 1. The molecule has 3 rings (SSSR count). The van der Waals surface area contributed by atoms with E-state index in [2.05, 4.69) is 0 Å². The van der Waals surface area contributed by atoms with Gasteiger partial charge in [-0.05, 0) is 48.6 Å². The lowest BCUT2D eigenvalue weighted by Gasteiger charge is -2.17. The summed E-state index contributed by atoms with van der Waals surface area (Å²) >= 11 is 6.11. The fourth-order valence-electron chi connectivity index (χ4n) is 3.11. The van der Waals surface area contributed by atoms with Gasteiger partial charge < -0.3 is 10.0 Å². The van der Waals surface area contributed by atoms with Crippen LogP contribution in [0.1, 0.15) is 32.7 Å². The van der Waals surface area contributed by atoms with Crippen LogP contribution in [0.3, 0.4) is 0 Å². The smallest absolute Gasteiger partial charge is 0.335 e. The summed E-state index contributed by atoms with van der Waals surface area (Å²) in [4.78, 5) is 25.3. The molecule has 0 saturated carbocycles. The first kappa shape index (κ1) is 16.5. The van der Waals surface area contributed by atoms with Crippen molar-refractivity contribution in [3.8, 4) is 0 Å². The van der Waals surface area contributed by atoms with E-state index in [0.29, 0.717) is 28.6 Å². The minimum absolute atomic E-state index is 0.0238. The zero-order chi connectivity index (χ0) is 17.1. The molecule has 1 aliphatic rings. The van der Waals surface area contributed by atoms with Crippen LogP contribution in [0, 0.1) is 5.92 Å². The van der Waals surface area contributed by atoms with Gasteiger partial charge >= 0.3 is 5.97 Å². The number of nitrogens with zero attached hydrogens (tertiary/aromatic N) is 1. The van der Waals surface area contributed by atoms with E-state index in [-0.39, 0.29) is 5.91 Å². The molecular formula is C19H18ClNO3. The molecule has 2 aromatic carbocycles. The van der Waals surface area contributed by atoms with Crippen LogP contribution < -0.4 is 0 Å². The SMILES string of the molecule is O=C(O)c1ccc(CC2CCN(C(=O)c3ccccc3Cl)C2)cc1. The summed E-state index contributed by atoms with van der Waals surface area (Å²) in [5.41, 5.74) is 1.93. The highest BCUT2D eigenvalue weighted by Crippen LogP contribution is 2.25. The molecule has 2 aromatic rings. The number of benzene rings is 2. The maximum absolute atomic E-state index is 12.6. The Hall–Kier alpha value is -2.33. The second kappa shape index (κ2) is 7.05. The van der Waals surface area contributed by atoms with Gasteiger partial charge in [-0.1, -0.05) is 35.9 Å². The van der Waals surface area contributed by atoms with Gasteiger partial charge in [0.15, 0.2) is 0 Å². The quantitative estimate of drug-likeness (QED) is 0.920. The molecule has 4 nitrogen and oxygen atoms in total. The molecule has 0 spiro atoms. The predicted octanol–water partition coefficient (Wildman–Crippen LogP) is 3.74. The summed E-state index contributed by atoms with van der Waals surface area (Å²) in [5, 5.41) is 9.41. The zero-order valence-electron chi connectivity index (χ0n) is 13.1. The number of carbonyl (C=O) groups is 2. The normalized spacial score (nSPS) is 17.0. The largest absolute Gasteiger partial charge is 0.478 e. The first-order chi connectivity index (χ1) is 11.5. The molecule has 1 saturated heterocycles. The van der Waals surface area contributed by atoms with E-state index >= 15 is 0 Å². The summed E-state index contributed by atoms with van der Waals surface area (Å²) in [7, 11) is 0.